The van der Waals surface area contributed by atoms with Gasteiger partial charge in [0.2, 0.25) is 5.14 Å². The van der Waals surface area contributed by atoms with Crippen molar-refractivity contribution >= 4 is 0 Å². The molecule has 6 heteroatoms. The molecule has 0 aliphatic rings. The van der Waals surface area contributed by atoms with Crippen LogP contribution in [0.15, 0.2) is 0 Å². The lowest BCUT2D eigenvalue weighted by atomic mass is 10.4. The van der Waals surface area contributed by atoms with Crippen molar-refractivity contribution < 1.29 is 30.0 Å². The van der Waals surface area contributed by atoms with Crippen LogP contribution in [0.3, 0.4) is 0 Å². The molecule has 0 aliphatic carbocycles. The van der Waals surface area contributed by atoms with E-state index in [2.05, 4.69) is 27.7 Å². The second-order valence-corrected chi connectivity index (χ2v) is 5.19. The fourth-order valence-corrected chi connectivity index (χ4v) is 1.51. The lowest BCUT2D eigenvalue weighted by Crippen LogP contribution is -2.48. The Hall–Kier alpha value is -0.240. The van der Waals surface area contributed by atoms with E-state index in [1.807, 2.05) is 0 Å². The molecule has 0 aromatic rings. The highest BCUT2D eigenvalue weighted by Gasteiger charge is 2.38. The molecular weight excluding hydrogens is 286 g/mol. The van der Waals surface area contributed by atoms with Gasteiger partial charge >= 0.3 is 0 Å². The van der Waals surface area contributed by atoms with Gasteiger partial charge in [0.25, 0.3) is 0 Å². The molecule has 1 N–H and O–H groups in total. The molecular formula is C16H37NO5. The van der Waals surface area contributed by atoms with Crippen molar-refractivity contribution in [3.63, 3.8) is 0 Å². The summed E-state index contributed by atoms with van der Waals surface area (Å²) in [5.74, 6) is 0. The van der Waals surface area contributed by atoms with Gasteiger partial charge in [0, 0.05) is 0 Å². The van der Waals surface area contributed by atoms with E-state index in [1.54, 1.807) is 0 Å². The summed E-state index contributed by atoms with van der Waals surface area (Å²) in [5.41, 5.74) is 0. The number of quaternary nitrogens is 1. The van der Waals surface area contributed by atoms with E-state index in [9.17, 15) is 0 Å². The van der Waals surface area contributed by atoms with Crippen molar-refractivity contribution in [2.24, 2.45) is 0 Å². The Kier molecular flexibility index (Phi) is 18.7. The zero-order valence-corrected chi connectivity index (χ0v) is 15.0. The number of rotatable bonds is 16. The standard InChI is InChI=1S/C16H36NO4.H2O/c1-5-9-13-18-17(19-14-10-6-2,20-15-11-7-3)21-16-12-8-4;/h5-16H2,1-4H3;1H2/q+1;/p-1. The Balaban J connectivity index is 0. The van der Waals surface area contributed by atoms with Crippen LogP contribution in [-0.2, 0) is 19.4 Å². The third-order valence-corrected chi connectivity index (χ3v) is 2.99. The Bertz CT molecular complexity index is 171. The molecule has 22 heavy (non-hydrogen) atoms. The molecule has 0 unspecified atom stereocenters. The first-order valence-electron chi connectivity index (χ1n) is 8.71. The maximum absolute atomic E-state index is 5.78. The minimum Gasteiger partial charge on any atom is -0.870 e. The smallest absolute Gasteiger partial charge is 0.247 e. The van der Waals surface area contributed by atoms with Gasteiger partial charge in [-0.15, -0.1) is 0 Å². The molecule has 136 valence electrons. The molecule has 0 aromatic heterocycles. The topological polar surface area (TPSA) is 66.9 Å². The van der Waals surface area contributed by atoms with E-state index in [1.165, 1.54) is 0 Å². The molecule has 0 rings (SSSR count). The summed E-state index contributed by atoms with van der Waals surface area (Å²) in [7, 11) is 0. The van der Waals surface area contributed by atoms with Crippen molar-refractivity contribution in [1.29, 1.82) is 0 Å². The number of hydrogen-bond donors (Lipinski definition) is 0. The van der Waals surface area contributed by atoms with Gasteiger partial charge in [-0.1, -0.05) is 72.7 Å². The van der Waals surface area contributed by atoms with Crippen LogP contribution >= 0.6 is 0 Å². The summed E-state index contributed by atoms with van der Waals surface area (Å²) in [5, 5.41) is -0.556. The lowest BCUT2D eigenvalue weighted by Gasteiger charge is -2.26. The molecule has 0 spiro atoms. The van der Waals surface area contributed by atoms with Gasteiger partial charge in [0.1, 0.15) is 26.4 Å². The lowest BCUT2D eigenvalue weighted by molar-refractivity contribution is -1.47. The van der Waals surface area contributed by atoms with Crippen molar-refractivity contribution in [2.45, 2.75) is 79.1 Å². The van der Waals surface area contributed by atoms with Gasteiger partial charge < -0.3 is 5.48 Å². The second kappa shape index (κ2) is 17.1. The summed E-state index contributed by atoms with van der Waals surface area (Å²) in [6, 6.07) is 0. The largest absolute Gasteiger partial charge is 0.870 e. The summed E-state index contributed by atoms with van der Waals surface area (Å²) < 4.78 is 0. The average molecular weight is 323 g/mol. The fourth-order valence-electron chi connectivity index (χ4n) is 1.51. The maximum atomic E-state index is 5.78. The molecule has 0 aliphatic heterocycles. The SMILES string of the molecule is CCCCO[N+](OCCCC)(OCCCC)OCCCC.[OH-]. The molecule has 0 amide bonds. The first-order chi connectivity index (χ1) is 10.2. The number of unbranched alkanes of at least 4 members (excludes halogenated alkanes) is 4. The third kappa shape index (κ3) is 12.3. The summed E-state index contributed by atoms with van der Waals surface area (Å²) >= 11 is 0. The highest BCUT2D eigenvalue weighted by molar-refractivity contribution is 4.29. The second-order valence-electron chi connectivity index (χ2n) is 5.19. The van der Waals surface area contributed by atoms with Gasteiger partial charge in [-0.05, 0) is 25.7 Å². The van der Waals surface area contributed by atoms with Gasteiger partial charge in [0.15, 0.2) is 0 Å². The number of hydrogen-bond acceptors (Lipinski definition) is 5. The zero-order valence-electron chi connectivity index (χ0n) is 15.0. The van der Waals surface area contributed by atoms with Crippen LogP contribution in [-0.4, -0.2) is 37.0 Å². The Morgan fingerprint density at radius 2 is 0.727 bits per heavy atom. The molecule has 0 fully saturated rings. The summed E-state index contributed by atoms with van der Waals surface area (Å²) in [6.45, 7) is 10.8. The molecule has 0 heterocycles. The van der Waals surface area contributed by atoms with Gasteiger partial charge in [-0.2, -0.15) is 0 Å². The molecule has 0 saturated heterocycles. The van der Waals surface area contributed by atoms with Gasteiger partial charge in [-0.3, -0.25) is 0 Å². The summed E-state index contributed by atoms with van der Waals surface area (Å²) in [4.78, 5) is 23.1. The zero-order chi connectivity index (χ0) is 15.8. The predicted molar refractivity (Wildman–Crippen MR) is 85.6 cm³/mol. The van der Waals surface area contributed by atoms with Crippen LogP contribution in [0.25, 0.3) is 0 Å². The van der Waals surface area contributed by atoms with Crippen molar-refractivity contribution in [3.05, 3.63) is 0 Å². The van der Waals surface area contributed by atoms with E-state index in [0.29, 0.717) is 26.4 Å². The third-order valence-electron chi connectivity index (χ3n) is 2.99. The maximum Gasteiger partial charge on any atom is 0.247 e. The Labute approximate surface area is 136 Å². The first-order valence-corrected chi connectivity index (χ1v) is 8.71. The first kappa shape index (κ1) is 24.0. The van der Waals surface area contributed by atoms with Crippen LogP contribution in [0.2, 0.25) is 0 Å². The minimum absolute atomic E-state index is 0. The molecule has 0 saturated carbocycles. The van der Waals surface area contributed by atoms with Gasteiger partial charge in [-0.25, -0.2) is 0 Å². The van der Waals surface area contributed by atoms with E-state index >= 15 is 0 Å². The van der Waals surface area contributed by atoms with E-state index in [0.717, 1.165) is 51.4 Å². The fraction of sp³-hybridized carbons (Fsp3) is 1.00. The number of nitrogens with zero attached hydrogens (tertiary/aromatic N) is 1. The molecule has 6 nitrogen and oxygen atoms in total. The normalized spacial score (nSPS) is 11.5. The van der Waals surface area contributed by atoms with Crippen LogP contribution in [0.1, 0.15) is 79.1 Å². The highest BCUT2D eigenvalue weighted by atomic mass is 17.4. The minimum atomic E-state index is -0.556. The van der Waals surface area contributed by atoms with Crippen LogP contribution in [0, 0.1) is 0 Å². The van der Waals surface area contributed by atoms with Crippen LogP contribution in [0.5, 0.6) is 0 Å². The quantitative estimate of drug-likeness (QED) is 0.237. The molecule has 0 bridgehead atoms. The summed E-state index contributed by atoms with van der Waals surface area (Å²) in [6.07, 6.45) is 8.13. The van der Waals surface area contributed by atoms with Crippen molar-refractivity contribution in [2.75, 3.05) is 26.4 Å². The Morgan fingerprint density at radius 1 is 0.500 bits per heavy atom. The molecule has 0 radical (unpaired) electrons. The van der Waals surface area contributed by atoms with Crippen molar-refractivity contribution in [3.8, 4) is 0 Å². The average Bonchev–Trinajstić information content (AvgIpc) is 2.48. The Morgan fingerprint density at radius 3 is 0.909 bits per heavy atom. The van der Waals surface area contributed by atoms with E-state index < -0.39 is 5.14 Å². The monoisotopic (exact) mass is 323 g/mol. The van der Waals surface area contributed by atoms with Crippen LogP contribution in [0.4, 0.5) is 0 Å². The van der Waals surface area contributed by atoms with Gasteiger partial charge in [0.05, 0.1) is 0 Å². The van der Waals surface area contributed by atoms with E-state index in [-0.39, 0.29) is 5.48 Å². The highest BCUT2D eigenvalue weighted by Crippen LogP contribution is 2.17. The molecule has 0 aromatic carbocycles. The molecule has 0 atom stereocenters. The van der Waals surface area contributed by atoms with Crippen LogP contribution < -0.4 is 0 Å². The predicted octanol–water partition coefficient (Wildman–Crippen LogP) is 4.55. The van der Waals surface area contributed by atoms with E-state index in [4.69, 9.17) is 19.4 Å². The van der Waals surface area contributed by atoms with Crippen molar-refractivity contribution in [1.82, 2.24) is 0 Å².